The van der Waals surface area contributed by atoms with Gasteiger partial charge in [0.15, 0.2) is 5.84 Å². The highest BCUT2D eigenvalue weighted by molar-refractivity contribution is 5.95. The largest absolute Gasteiger partial charge is 0.409 e. The number of nitrogens with two attached hydrogens (primary N) is 1. The van der Waals surface area contributed by atoms with Gasteiger partial charge in [0.05, 0.1) is 0 Å². The Labute approximate surface area is 113 Å². The molecule has 19 heavy (non-hydrogen) atoms. The first-order chi connectivity index (χ1) is 9.02. The Morgan fingerprint density at radius 1 is 1.53 bits per heavy atom. The van der Waals surface area contributed by atoms with Gasteiger partial charge in [-0.15, -0.1) is 0 Å². The predicted molar refractivity (Wildman–Crippen MR) is 74.5 cm³/mol. The summed E-state index contributed by atoms with van der Waals surface area (Å²) in [7, 11) is 0. The zero-order chi connectivity index (χ0) is 14.0. The first-order valence-electron chi connectivity index (χ1n) is 6.63. The summed E-state index contributed by atoms with van der Waals surface area (Å²) in [5, 5.41) is 11.8. The molecule has 1 atom stereocenters. The highest BCUT2D eigenvalue weighted by Gasteiger charge is 2.29. The molecule has 0 bridgehead atoms. The van der Waals surface area contributed by atoms with Crippen molar-refractivity contribution in [3.05, 3.63) is 17.5 Å². The molecular weight excluding hydrogens is 242 g/mol. The van der Waals surface area contributed by atoms with E-state index in [2.05, 4.69) is 33.9 Å². The van der Waals surface area contributed by atoms with Gasteiger partial charge < -0.3 is 15.8 Å². The molecule has 0 amide bonds. The topological polar surface area (TPSA) is 87.6 Å². The normalized spacial score (nSPS) is 20.3. The van der Waals surface area contributed by atoms with Crippen molar-refractivity contribution < 1.29 is 5.21 Å². The van der Waals surface area contributed by atoms with Crippen LogP contribution < -0.4 is 10.6 Å². The molecule has 1 unspecified atom stereocenters. The molecular formula is C13H21N5O. The first kappa shape index (κ1) is 13.6. The van der Waals surface area contributed by atoms with Crippen LogP contribution in [-0.4, -0.2) is 33.6 Å². The Morgan fingerprint density at radius 2 is 2.26 bits per heavy atom. The van der Waals surface area contributed by atoms with Gasteiger partial charge in [-0.1, -0.05) is 19.0 Å². The van der Waals surface area contributed by atoms with Crippen LogP contribution in [0.2, 0.25) is 0 Å². The maximum Gasteiger partial charge on any atom is 0.226 e. The van der Waals surface area contributed by atoms with Crippen LogP contribution in [0.1, 0.15) is 38.1 Å². The third-order valence-electron chi connectivity index (χ3n) is 3.54. The van der Waals surface area contributed by atoms with E-state index < -0.39 is 0 Å². The quantitative estimate of drug-likeness (QED) is 0.373. The van der Waals surface area contributed by atoms with Crippen molar-refractivity contribution in [2.24, 2.45) is 16.8 Å². The Balaban J connectivity index is 2.37. The van der Waals surface area contributed by atoms with Crippen LogP contribution in [0.15, 0.2) is 11.2 Å². The van der Waals surface area contributed by atoms with Crippen molar-refractivity contribution in [3.8, 4) is 0 Å². The minimum Gasteiger partial charge on any atom is -0.409 e. The summed E-state index contributed by atoms with van der Waals surface area (Å²) in [5.41, 5.74) is 6.91. The second-order valence-corrected chi connectivity index (χ2v) is 5.33. The van der Waals surface area contributed by atoms with Crippen molar-refractivity contribution >= 4 is 11.8 Å². The van der Waals surface area contributed by atoms with Gasteiger partial charge in [-0.25, -0.2) is 9.97 Å². The number of hydrogen-bond donors (Lipinski definition) is 2. The number of aromatic nitrogens is 2. The smallest absolute Gasteiger partial charge is 0.226 e. The Morgan fingerprint density at radius 3 is 2.89 bits per heavy atom. The summed E-state index contributed by atoms with van der Waals surface area (Å²) < 4.78 is 0. The van der Waals surface area contributed by atoms with Gasteiger partial charge in [0.25, 0.3) is 0 Å². The van der Waals surface area contributed by atoms with E-state index in [9.17, 15) is 0 Å². The highest BCUT2D eigenvalue weighted by atomic mass is 16.4. The molecule has 1 aromatic heterocycles. The molecule has 2 heterocycles. The lowest BCUT2D eigenvalue weighted by Gasteiger charge is -2.28. The predicted octanol–water partition coefficient (Wildman–Crippen LogP) is 1.50. The number of anilines is 1. The molecule has 1 saturated heterocycles. The van der Waals surface area contributed by atoms with E-state index in [1.54, 1.807) is 6.07 Å². The summed E-state index contributed by atoms with van der Waals surface area (Å²) in [6.07, 6.45) is 2.31. The molecule has 3 N–H and O–H groups in total. The van der Waals surface area contributed by atoms with E-state index in [0.29, 0.717) is 23.6 Å². The molecule has 2 rings (SSSR count). The van der Waals surface area contributed by atoms with Gasteiger partial charge in [0, 0.05) is 18.3 Å². The molecule has 1 fully saturated rings. The third-order valence-corrected chi connectivity index (χ3v) is 3.54. The summed E-state index contributed by atoms with van der Waals surface area (Å²) in [6, 6.07) is 2.18. The molecule has 1 aliphatic rings. The molecule has 6 nitrogen and oxygen atoms in total. The van der Waals surface area contributed by atoms with E-state index in [1.807, 2.05) is 6.92 Å². The Bertz CT molecular complexity index is 486. The molecule has 0 saturated carbocycles. The number of aryl methyl sites for hydroxylation is 1. The van der Waals surface area contributed by atoms with Crippen LogP contribution in [0.4, 0.5) is 5.95 Å². The van der Waals surface area contributed by atoms with E-state index >= 15 is 0 Å². The molecule has 104 valence electrons. The van der Waals surface area contributed by atoms with Crippen LogP contribution in [0.3, 0.4) is 0 Å². The van der Waals surface area contributed by atoms with Crippen LogP contribution in [0.5, 0.6) is 0 Å². The first-order valence-corrected chi connectivity index (χ1v) is 6.63. The van der Waals surface area contributed by atoms with E-state index in [4.69, 9.17) is 10.9 Å². The number of amidine groups is 1. The standard InChI is InChI=1S/C13H21N5O/c1-8(2)11-5-4-6-18(11)13-15-9(3)7-10(16-13)12(14)17-19/h7-8,11,19H,4-6H2,1-3H3,(H2,14,17). The summed E-state index contributed by atoms with van der Waals surface area (Å²) >= 11 is 0. The van der Waals surface area contributed by atoms with Crippen LogP contribution in [0.25, 0.3) is 0 Å². The second kappa shape index (κ2) is 5.42. The number of rotatable bonds is 3. The lowest BCUT2D eigenvalue weighted by Crippen LogP contribution is -2.35. The van der Waals surface area contributed by atoms with Gasteiger partial charge in [-0.05, 0) is 31.7 Å². The van der Waals surface area contributed by atoms with Crippen molar-refractivity contribution in [1.82, 2.24) is 9.97 Å². The summed E-state index contributed by atoms with van der Waals surface area (Å²) in [5.74, 6) is 1.25. The second-order valence-electron chi connectivity index (χ2n) is 5.33. The minimum atomic E-state index is 0.0204. The van der Waals surface area contributed by atoms with E-state index in [0.717, 1.165) is 25.1 Å². The SMILES string of the molecule is Cc1cc(/C(N)=N/O)nc(N2CCCC2C(C)C)n1. The number of oxime groups is 1. The van der Waals surface area contributed by atoms with Gasteiger partial charge in [-0.2, -0.15) is 0 Å². The Hall–Kier alpha value is -1.85. The van der Waals surface area contributed by atoms with Gasteiger partial charge in [-0.3, -0.25) is 0 Å². The van der Waals surface area contributed by atoms with Crippen molar-refractivity contribution in [1.29, 1.82) is 0 Å². The zero-order valence-corrected chi connectivity index (χ0v) is 11.7. The third kappa shape index (κ3) is 2.77. The molecule has 1 aromatic rings. The number of hydrogen-bond acceptors (Lipinski definition) is 5. The van der Waals surface area contributed by atoms with Crippen LogP contribution in [-0.2, 0) is 0 Å². The molecule has 0 radical (unpaired) electrons. The fraction of sp³-hybridized carbons (Fsp3) is 0.615. The fourth-order valence-corrected chi connectivity index (χ4v) is 2.60. The molecule has 0 spiro atoms. The average molecular weight is 263 g/mol. The monoisotopic (exact) mass is 263 g/mol. The lowest BCUT2D eigenvalue weighted by atomic mass is 10.0. The average Bonchev–Trinajstić information content (AvgIpc) is 2.86. The van der Waals surface area contributed by atoms with Crippen LogP contribution >= 0.6 is 0 Å². The van der Waals surface area contributed by atoms with Gasteiger partial charge in [0.1, 0.15) is 5.69 Å². The fourth-order valence-electron chi connectivity index (χ4n) is 2.60. The van der Waals surface area contributed by atoms with Crippen molar-refractivity contribution in [2.75, 3.05) is 11.4 Å². The van der Waals surface area contributed by atoms with E-state index in [-0.39, 0.29) is 5.84 Å². The molecule has 0 aromatic carbocycles. The summed E-state index contributed by atoms with van der Waals surface area (Å²) in [4.78, 5) is 11.1. The summed E-state index contributed by atoms with van der Waals surface area (Å²) in [6.45, 7) is 7.27. The van der Waals surface area contributed by atoms with Gasteiger partial charge in [0.2, 0.25) is 5.95 Å². The number of nitrogens with zero attached hydrogens (tertiary/aromatic N) is 4. The van der Waals surface area contributed by atoms with E-state index in [1.165, 1.54) is 0 Å². The lowest BCUT2D eigenvalue weighted by molar-refractivity contribution is 0.318. The Kier molecular flexibility index (Phi) is 3.87. The minimum absolute atomic E-state index is 0.0204. The van der Waals surface area contributed by atoms with Crippen molar-refractivity contribution in [3.63, 3.8) is 0 Å². The zero-order valence-electron chi connectivity index (χ0n) is 11.7. The molecule has 6 heteroatoms. The highest BCUT2D eigenvalue weighted by Crippen LogP contribution is 2.27. The molecule has 1 aliphatic heterocycles. The maximum atomic E-state index is 8.76. The van der Waals surface area contributed by atoms with Crippen LogP contribution in [0, 0.1) is 12.8 Å². The van der Waals surface area contributed by atoms with Crippen molar-refractivity contribution in [2.45, 2.75) is 39.7 Å². The molecule has 0 aliphatic carbocycles. The maximum absolute atomic E-state index is 8.76. The van der Waals surface area contributed by atoms with Gasteiger partial charge >= 0.3 is 0 Å².